The molecule has 2 rings (SSSR count). The molecular weight excluding hydrogens is 232 g/mol. The fraction of sp³-hybridized carbons (Fsp3) is 0.800. The van der Waals surface area contributed by atoms with E-state index in [0.717, 1.165) is 19.3 Å². The van der Waals surface area contributed by atoms with Gasteiger partial charge in [0.15, 0.2) is 5.78 Å². The van der Waals surface area contributed by atoms with E-state index in [2.05, 4.69) is 27.7 Å². The molecule has 0 saturated heterocycles. The number of hydrogen-bond acceptors (Lipinski definition) is 1. The fourth-order valence-electron chi connectivity index (χ4n) is 3.48. The summed E-state index contributed by atoms with van der Waals surface area (Å²) in [6.07, 6.45) is 5.92. The molecule has 0 aromatic carbocycles. The molecule has 17 heavy (non-hydrogen) atoms. The number of carbonyl (C=O) groups excluding carboxylic acids is 1. The molecule has 0 aromatic heterocycles. The summed E-state index contributed by atoms with van der Waals surface area (Å²) in [7, 11) is 0. The molecule has 1 saturated carbocycles. The van der Waals surface area contributed by atoms with Gasteiger partial charge in [-0.15, -0.1) is 11.6 Å². The zero-order valence-corrected chi connectivity index (χ0v) is 12.1. The quantitative estimate of drug-likeness (QED) is 0.636. The molecule has 3 atom stereocenters. The monoisotopic (exact) mass is 254 g/mol. The Morgan fingerprint density at radius 3 is 2.71 bits per heavy atom. The van der Waals surface area contributed by atoms with E-state index in [9.17, 15) is 4.79 Å². The second-order valence-corrected chi connectivity index (χ2v) is 7.64. The summed E-state index contributed by atoms with van der Waals surface area (Å²) in [5.74, 6) is 1.33. The summed E-state index contributed by atoms with van der Waals surface area (Å²) >= 11 is 6.50. The van der Waals surface area contributed by atoms with Crippen molar-refractivity contribution in [1.29, 1.82) is 0 Å². The highest BCUT2D eigenvalue weighted by molar-refractivity contribution is 6.23. The summed E-state index contributed by atoms with van der Waals surface area (Å²) in [6, 6.07) is 0. The van der Waals surface area contributed by atoms with Crippen molar-refractivity contribution >= 4 is 17.4 Å². The Balaban J connectivity index is 2.28. The molecule has 0 spiro atoms. The van der Waals surface area contributed by atoms with Crippen molar-refractivity contribution in [3.63, 3.8) is 0 Å². The number of hydrogen-bond donors (Lipinski definition) is 0. The van der Waals surface area contributed by atoms with Crippen LogP contribution in [0.1, 0.15) is 53.4 Å². The summed E-state index contributed by atoms with van der Waals surface area (Å²) in [4.78, 5) is 11.5. The Hall–Kier alpha value is -0.300. The van der Waals surface area contributed by atoms with Crippen molar-refractivity contribution in [1.82, 2.24) is 0 Å². The Morgan fingerprint density at radius 2 is 2.12 bits per heavy atom. The van der Waals surface area contributed by atoms with Gasteiger partial charge in [0.1, 0.15) is 0 Å². The molecule has 0 heterocycles. The molecule has 0 aliphatic heterocycles. The first kappa shape index (κ1) is 13.1. The van der Waals surface area contributed by atoms with Gasteiger partial charge < -0.3 is 0 Å². The van der Waals surface area contributed by atoms with Crippen LogP contribution in [0.25, 0.3) is 0 Å². The van der Waals surface area contributed by atoms with E-state index >= 15 is 0 Å². The Labute approximate surface area is 110 Å². The van der Waals surface area contributed by atoms with E-state index in [0.29, 0.717) is 24.0 Å². The van der Waals surface area contributed by atoms with E-state index in [1.165, 1.54) is 5.57 Å². The van der Waals surface area contributed by atoms with E-state index in [4.69, 9.17) is 11.6 Å². The molecule has 0 aromatic rings. The average molecular weight is 255 g/mol. The highest BCUT2D eigenvalue weighted by Gasteiger charge is 2.46. The van der Waals surface area contributed by atoms with Crippen LogP contribution in [0.15, 0.2) is 11.6 Å². The van der Waals surface area contributed by atoms with Crippen molar-refractivity contribution in [2.45, 2.75) is 58.3 Å². The first-order valence-electron chi connectivity index (χ1n) is 6.66. The molecule has 2 heteroatoms. The standard InChI is InChI=1S/C15H23ClO/c1-10-7-13(17)8-11-5-6-12(14(2,3)16)9-15(10,11)4/h8,10,12H,5-7,9H2,1-4H3. The van der Waals surface area contributed by atoms with Crippen molar-refractivity contribution in [2.24, 2.45) is 17.3 Å². The SMILES string of the molecule is CC1CC(=O)C=C2CCC(C(C)(C)Cl)CC21C. The van der Waals surface area contributed by atoms with E-state index in [1.807, 2.05) is 6.08 Å². The van der Waals surface area contributed by atoms with Gasteiger partial charge in [0.25, 0.3) is 0 Å². The van der Waals surface area contributed by atoms with Crippen molar-refractivity contribution in [3.05, 3.63) is 11.6 Å². The predicted molar refractivity (Wildman–Crippen MR) is 72.3 cm³/mol. The van der Waals surface area contributed by atoms with Crippen LogP contribution in [-0.2, 0) is 4.79 Å². The summed E-state index contributed by atoms with van der Waals surface area (Å²) in [5.41, 5.74) is 1.57. The van der Waals surface area contributed by atoms with Gasteiger partial charge in [-0.2, -0.15) is 0 Å². The van der Waals surface area contributed by atoms with E-state index in [-0.39, 0.29) is 10.3 Å². The normalized spacial score (nSPS) is 38.6. The van der Waals surface area contributed by atoms with Gasteiger partial charge in [-0.05, 0) is 56.4 Å². The van der Waals surface area contributed by atoms with Gasteiger partial charge in [-0.3, -0.25) is 4.79 Å². The molecule has 0 bridgehead atoms. The number of alkyl halides is 1. The third kappa shape index (κ3) is 2.31. The molecule has 0 amide bonds. The molecule has 0 N–H and O–H groups in total. The predicted octanol–water partition coefficient (Wildman–Crippen LogP) is 4.35. The number of carbonyl (C=O) groups is 1. The van der Waals surface area contributed by atoms with Crippen LogP contribution in [0.4, 0.5) is 0 Å². The average Bonchev–Trinajstić information content (AvgIpc) is 2.18. The lowest BCUT2D eigenvalue weighted by Crippen LogP contribution is -2.42. The van der Waals surface area contributed by atoms with Crippen molar-refractivity contribution in [2.75, 3.05) is 0 Å². The molecule has 1 nitrogen and oxygen atoms in total. The maximum absolute atomic E-state index is 11.6. The first-order valence-corrected chi connectivity index (χ1v) is 7.04. The van der Waals surface area contributed by atoms with Gasteiger partial charge in [-0.1, -0.05) is 19.4 Å². The van der Waals surface area contributed by atoms with Crippen LogP contribution in [0.3, 0.4) is 0 Å². The highest BCUT2D eigenvalue weighted by atomic mass is 35.5. The Morgan fingerprint density at radius 1 is 1.47 bits per heavy atom. The number of allylic oxidation sites excluding steroid dienone is 2. The van der Waals surface area contributed by atoms with Crippen LogP contribution >= 0.6 is 11.6 Å². The van der Waals surface area contributed by atoms with Gasteiger partial charge in [0.05, 0.1) is 0 Å². The molecular formula is C15H23ClO. The van der Waals surface area contributed by atoms with Gasteiger partial charge in [-0.25, -0.2) is 0 Å². The molecule has 2 aliphatic rings. The van der Waals surface area contributed by atoms with Gasteiger partial charge in [0, 0.05) is 11.3 Å². The number of fused-ring (bicyclic) bond motifs is 1. The third-order valence-corrected chi connectivity index (χ3v) is 5.38. The minimum Gasteiger partial charge on any atom is -0.295 e. The zero-order chi connectivity index (χ0) is 12.8. The Bertz CT molecular complexity index is 364. The molecule has 3 unspecified atom stereocenters. The van der Waals surface area contributed by atoms with Gasteiger partial charge in [0.2, 0.25) is 0 Å². The minimum absolute atomic E-state index is 0.129. The minimum atomic E-state index is -0.129. The largest absolute Gasteiger partial charge is 0.295 e. The van der Waals surface area contributed by atoms with Crippen LogP contribution in [0.5, 0.6) is 0 Å². The van der Waals surface area contributed by atoms with Crippen LogP contribution in [0.2, 0.25) is 0 Å². The lowest BCUT2D eigenvalue weighted by molar-refractivity contribution is -0.117. The lowest BCUT2D eigenvalue weighted by Gasteiger charge is -2.49. The number of rotatable bonds is 1. The van der Waals surface area contributed by atoms with E-state index < -0.39 is 0 Å². The first-order chi connectivity index (χ1) is 7.73. The van der Waals surface area contributed by atoms with Crippen LogP contribution in [0, 0.1) is 17.3 Å². The summed E-state index contributed by atoms with van der Waals surface area (Å²) in [5, 5.41) is 0. The summed E-state index contributed by atoms with van der Waals surface area (Å²) in [6.45, 7) is 8.78. The fourth-order valence-corrected chi connectivity index (χ4v) is 3.67. The van der Waals surface area contributed by atoms with Crippen LogP contribution < -0.4 is 0 Å². The maximum atomic E-state index is 11.6. The molecule has 96 valence electrons. The molecule has 1 fully saturated rings. The highest BCUT2D eigenvalue weighted by Crippen LogP contribution is 2.54. The van der Waals surface area contributed by atoms with Crippen molar-refractivity contribution < 1.29 is 4.79 Å². The maximum Gasteiger partial charge on any atom is 0.155 e. The zero-order valence-electron chi connectivity index (χ0n) is 11.3. The number of halogens is 1. The van der Waals surface area contributed by atoms with Gasteiger partial charge >= 0.3 is 0 Å². The summed E-state index contributed by atoms with van der Waals surface area (Å²) < 4.78 is 0. The molecule has 2 aliphatic carbocycles. The smallest absolute Gasteiger partial charge is 0.155 e. The second kappa shape index (κ2) is 4.12. The van der Waals surface area contributed by atoms with Crippen LogP contribution in [-0.4, -0.2) is 10.7 Å². The van der Waals surface area contributed by atoms with Crippen molar-refractivity contribution in [3.8, 4) is 0 Å². The molecule has 0 radical (unpaired) electrons. The third-order valence-electron chi connectivity index (χ3n) is 5.07. The second-order valence-electron chi connectivity index (χ2n) is 6.66. The van der Waals surface area contributed by atoms with E-state index in [1.54, 1.807) is 0 Å². The lowest BCUT2D eigenvalue weighted by atomic mass is 9.57. The Kier molecular flexibility index (Phi) is 3.18. The number of ketones is 1. The topological polar surface area (TPSA) is 17.1 Å².